The van der Waals surface area contributed by atoms with E-state index in [0.29, 0.717) is 0 Å². The maximum absolute atomic E-state index is 5.36. The molecule has 0 atom stereocenters. The standard InChI is InChI=1S/C42H25N3S/c1-2-11-26(12-3-1)27-15-10-16-30(21-27)41-42(44-36-19-8-7-18-35(36)43-41)45-37-20-9-6-17-31(37)32-24-34-33-22-28-13-4-5-14-29(28)23-39(33)46-40(34)25-38(32)45/h1-25H. The molecule has 0 fully saturated rings. The molecule has 0 aliphatic carbocycles. The second kappa shape index (κ2) is 9.83. The highest BCUT2D eigenvalue weighted by Gasteiger charge is 2.21. The number of benzene rings is 7. The van der Waals surface area contributed by atoms with Crippen molar-refractivity contribution < 1.29 is 0 Å². The Balaban J connectivity index is 1.30. The largest absolute Gasteiger partial charge is 0.292 e. The minimum Gasteiger partial charge on any atom is -0.292 e. The molecule has 0 spiro atoms. The number of fused-ring (bicyclic) bond motifs is 8. The van der Waals surface area contributed by atoms with Crippen molar-refractivity contribution in [1.82, 2.24) is 14.5 Å². The lowest BCUT2D eigenvalue weighted by Gasteiger charge is -2.14. The molecular formula is C42H25N3S. The van der Waals surface area contributed by atoms with Crippen molar-refractivity contribution in [2.45, 2.75) is 0 Å². The monoisotopic (exact) mass is 603 g/mol. The van der Waals surface area contributed by atoms with Gasteiger partial charge in [-0.25, -0.2) is 9.97 Å². The van der Waals surface area contributed by atoms with Gasteiger partial charge in [0.1, 0.15) is 5.69 Å². The van der Waals surface area contributed by atoms with E-state index < -0.39 is 0 Å². The predicted octanol–water partition coefficient (Wildman–Crippen LogP) is 11.6. The second-order valence-electron chi connectivity index (χ2n) is 11.8. The van der Waals surface area contributed by atoms with Crippen LogP contribution >= 0.6 is 11.3 Å². The van der Waals surface area contributed by atoms with Crippen molar-refractivity contribution in [3.8, 4) is 28.2 Å². The minimum atomic E-state index is 0.835. The molecule has 0 radical (unpaired) electrons. The fourth-order valence-corrected chi connectivity index (χ4v) is 8.12. The predicted molar refractivity (Wildman–Crippen MR) is 195 cm³/mol. The van der Waals surface area contributed by atoms with Crippen LogP contribution in [0.15, 0.2) is 152 Å². The molecule has 0 N–H and O–H groups in total. The first-order valence-corrected chi connectivity index (χ1v) is 16.3. The molecule has 10 rings (SSSR count). The summed E-state index contributed by atoms with van der Waals surface area (Å²) >= 11 is 1.86. The first kappa shape index (κ1) is 25.5. The van der Waals surface area contributed by atoms with Gasteiger partial charge in [0.25, 0.3) is 0 Å². The average Bonchev–Trinajstić information content (AvgIpc) is 3.63. The molecule has 3 heterocycles. The van der Waals surface area contributed by atoms with E-state index in [1.54, 1.807) is 0 Å². The SMILES string of the molecule is c1ccc(-c2cccc(-c3nc4ccccc4nc3-n3c4ccccc4c4cc5c(cc43)sc3cc4ccccc4cc35)c2)cc1. The van der Waals surface area contributed by atoms with Crippen LogP contribution < -0.4 is 0 Å². The average molecular weight is 604 g/mol. The zero-order valence-corrected chi connectivity index (χ0v) is 25.5. The summed E-state index contributed by atoms with van der Waals surface area (Å²) in [5.74, 6) is 0.835. The van der Waals surface area contributed by atoms with Crippen molar-refractivity contribution in [2.24, 2.45) is 0 Å². The lowest BCUT2D eigenvalue weighted by molar-refractivity contribution is 1.08. The molecule has 10 aromatic rings. The van der Waals surface area contributed by atoms with Crippen molar-refractivity contribution >= 4 is 75.1 Å². The molecule has 0 saturated heterocycles. The lowest BCUT2D eigenvalue weighted by Crippen LogP contribution is -2.03. The summed E-state index contributed by atoms with van der Waals surface area (Å²) in [6, 6.07) is 54.1. The molecule has 0 bridgehead atoms. The number of aromatic nitrogens is 3. The topological polar surface area (TPSA) is 30.7 Å². The van der Waals surface area contributed by atoms with Crippen molar-refractivity contribution in [2.75, 3.05) is 0 Å². The highest BCUT2D eigenvalue weighted by Crippen LogP contribution is 2.43. The van der Waals surface area contributed by atoms with Crippen LogP contribution in [0.4, 0.5) is 0 Å². The van der Waals surface area contributed by atoms with Crippen LogP contribution in [-0.2, 0) is 0 Å². The maximum Gasteiger partial charge on any atom is 0.165 e. The van der Waals surface area contributed by atoms with Gasteiger partial charge in [-0.15, -0.1) is 11.3 Å². The molecular weight excluding hydrogens is 579 g/mol. The summed E-state index contributed by atoms with van der Waals surface area (Å²) in [6.07, 6.45) is 0. The molecule has 0 amide bonds. The molecule has 0 saturated carbocycles. The molecule has 4 heteroatoms. The zero-order chi connectivity index (χ0) is 30.2. The number of nitrogens with zero attached hydrogens (tertiary/aromatic N) is 3. The molecule has 7 aromatic carbocycles. The first-order valence-electron chi connectivity index (χ1n) is 15.5. The summed E-state index contributed by atoms with van der Waals surface area (Å²) in [5, 5.41) is 7.57. The van der Waals surface area contributed by atoms with Gasteiger partial charge in [0.05, 0.1) is 22.1 Å². The van der Waals surface area contributed by atoms with E-state index in [1.165, 1.54) is 47.3 Å². The number of hydrogen-bond donors (Lipinski definition) is 0. The van der Waals surface area contributed by atoms with Gasteiger partial charge in [-0.1, -0.05) is 103 Å². The van der Waals surface area contributed by atoms with Crippen LogP contribution in [0.25, 0.3) is 92.0 Å². The maximum atomic E-state index is 5.36. The third-order valence-electron chi connectivity index (χ3n) is 9.14. The third kappa shape index (κ3) is 3.84. The summed E-state index contributed by atoms with van der Waals surface area (Å²) < 4.78 is 4.90. The fourth-order valence-electron chi connectivity index (χ4n) is 6.97. The summed E-state index contributed by atoms with van der Waals surface area (Å²) in [4.78, 5) is 10.7. The van der Waals surface area contributed by atoms with Crippen LogP contribution in [0.3, 0.4) is 0 Å². The highest BCUT2D eigenvalue weighted by atomic mass is 32.1. The fraction of sp³-hybridized carbons (Fsp3) is 0. The van der Waals surface area contributed by atoms with Crippen molar-refractivity contribution in [1.29, 1.82) is 0 Å². The van der Waals surface area contributed by atoms with Crippen LogP contribution in [-0.4, -0.2) is 14.5 Å². The summed E-state index contributed by atoms with van der Waals surface area (Å²) in [5.41, 5.74) is 8.24. The van der Waals surface area contributed by atoms with Gasteiger partial charge in [-0.05, 0) is 70.4 Å². The van der Waals surface area contributed by atoms with Gasteiger partial charge in [0.15, 0.2) is 5.82 Å². The lowest BCUT2D eigenvalue weighted by atomic mass is 10.0. The minimum absolute atomic E-state index is 0.835. The summed E-state index contributed by atoms with van der Waals surface area (Å²) in [6.45, 7) is 0. The molecule has 214 valence electrons. The van der Waals surface area contributed by atoms with Gasteiger partial charge in [-0.3, -0.25) is 4.57 Å². The van der Waals surface area contributed by atoms with Crippen molar-refractivity contribution in [3.63, 3.8) is 0 Å². The molecule has 0 aliphatic heterocycles. The van der Waals surface area contributed by atoms with Gasteiger partial charge in [0, 0.05) is 36.5 Å². The molecule has 3 aromatic heterocycles. The van der Waals surface area contributed by atoms with E-state index >= 15 is 0 Å². The van der Waals surface area contributed by atoms with Crippen LogP contribution in [0.5, 0.6) is 0 Å². The molecule has 3 nitrogen and oxygen atoms in total. The van der Waals surface area contributed by atoms with Crippen LogP contribution in [0, 0.1) is 0 Å². The quantitative estimate of drug-likeness (QED) is 0.201. The molecule has 46 heavy (non-hydrogen) atoms. The second-order valence-corrected chi connectivity index (χ2v) is 12.9. The number of hydrogen-bond acceptors (Lipinski definition) is 3. The molecule has 0 unspecified atom stereocenters. The van der Waals surface area contributed by atoms with Gasteiger partial charge in [-0.2, -0.15) is 0 Å². The van der Waals surface area contributed by atoms with E-state index in [2.05, 4.69) is 138 Å². The number of thiophene rings is 1. The zero-order valence-electron chi connectivity index (χ0n) is 24.7. The van der Waals surface area contributed by atoms with E-state index in [9.17, 15) is 0 Å². The van der Waals surface area contributed by atoms with Gasteiger partial charge in [0.2, 0.25) is 0 Å². The first-order chi connectivity index (χ1) is 22.8. The number of para-hydroxylation sites is 3. The Labute approximate surface area is 268 Å². The Morgan fingerprint density at radius 2 is 1.07 bits per heavy atom. The van der Waals surface area contributed by atoms with E-state index in [0.717, 1.165) is 44.7 Å². The van der Waals surface area contributed by atoms with Crippen molar-refractivity contribution in [3.05, 3.63) is 152 Å². The van der Waals surface area contributed by atoms with Crippen LogP contribution in [0.1, 0.15) is 0 Å². The molecule has 0 aliphatic rings. The van der Waals surface area contributed by atoms with E-state index in [4.69, 9.17) is 9.97 Å². The van der Waals surface area contributed by atoms with Gasteiger partial charge >= 0.3 is 0 Å². The normalized spacial score (nSPS) is 11.9. The Bertz CT molecular complexity index is 2810. The Morgan fingerprint density at radius 3 is 1.93 bits per heavy atom. The Hall–Kier alpha value is -5.84. The van der Waals surface area contributed by atoms with E-state index in [-0.39, 0.29) is 0 Å². The van der Waals surface area contributed by atoms with Gasteiger partial charge < -0.3 is 0 Å². The Kier molecular flexibility index (Phi) is 5.45. The van der Waals surface area contributed by atoms with Crippen LogP contribution in [0.2, 0.25) is 0 Å². The Morgan fingerprint density at radius 1 is 0.413 bits per heavy atom. The number of rotatable bonds is 3. The van der Waals surface area contributed by atoms with E-state index in [1.807, 2.05) is 29.5 Å². The third-order valence-corrected chi connectivity index (χ3v) is 10.3. The highest BCUT2D eigenvalue weighted by molar-refractivity contribution is 7.26. The smallest absolute Gasteiger partial charge is 0.165 e. The summed E-state index contributed by atoms with van der Waals surface area (Å²) in [7, 11) is 0.